The summed E-state index contributed by atoms with van der Waals surface area (Å²) in [5.74, 6) is 2.39. The summed E-state index contributed by atoms with van der Waals surface area (Å²) in [5.41, 5.74) is 2.72. The van der Waals surface area contributed by atoms with Crippen LogP contribution in [0.5, 0.6) is 5.75 Å². The molecule has 1 N–H and O–H groups in total. The maximum Gasteiger partial charge on any atom is 0.178 e. The summed E-state index contributed by atoms with van der Waals surface area (Å²) in [5, 5.41) is 14.4. The van der Waals surface area contributed by atoms with Gasteiger partial charge in [0.25, 0.3) is 0 Å². The van der Waals surface area contributed by atoms with E-state index >= 15 is 0 Å². The van der Waals surface area contributed by atoms with Gasteiger partial charge in [-0.2, -0.15) is 5.10 Å². The molecule has 1 aromatic carbocycles. The summed E-state index contributed by atoms with van der Waals surface area (Å²) in [6.07, 6.45) is 7.26. The van der Waals surface area contributed by atoms with Crippen molar-refractivity contribution in [2.45, 2.75) is 52.4 Å². The van der Waals surface area contributed by atoms with Crippen molar-refractivity contribution in [2.24, 2.45) is 0 Å². The summed E-state index contributed by atoms with van der Waals surface area (Å²) in [6, 6.07) is 6.26. The van der Waals surface area contributed by atoms with Crippen molar-refractivity contribution >= 4 is 0 Å². The van der Waals surface area contributed by atoms with Gasteiger partial charge in [-0.1, -0.05) is 6.07 Å². The van der Waals surface area contributed by atoms with Gasteiger partial charge in [-0.05, 0) is 39.8 Å². The van der Waals surface area contributed by atoms with E-state index in [0.717, 1.165) is 39.9 Å². The molecule has 1 aliphatic rings. The number of aromatic nitrogens is 7. The molecular formula is C23H27N7O2. The van der Waals surface area contributed by atoms with Gasteiger partial charge in [-0.3, -0.25) is 0 Å². The molecule has 3 aromatic heterocycles. The molecule has 0 bridgehead atoms. The van der Waals surface area contributed by atoms with E-state index < -0.39 is 5.60 Å². The Morgan fingerprint density at radius 2 is 1.97 bits per heavy atom. The highest BCUT2D eigenvalue weighted by Gasteiger charge is 2.22. The Morgan fingerprint density at radius 1 is 1.12 bits per heavy atom. The van der Waals surface area contributed by atoms with E-state index in [1.54, 1.807) is 26.5 Å². The quantitative estimate of drug-likeness (QED) is 0.518. The van der Waals surface area contributed by atoms with Gasteiger partial charge in [0.15, 0.2) is 5.82 Å². The third-order valence-electron chi connectivity index (χ3n) is 5.38. The number of fused-ring (bicyclic) bond motifs is 3. The Hall–Kier alpha value is -3.46. The van der Waals surface area contributed by atoms with Gasteiger partial charge in [0.2, 0.25) is 0 Å². The lowest BCUT2D eigenvalue weighted by atomic mass is 10.1. The average Bonchev–Trinajstić information content (AvgIpc) is 3.44. The van der Waals surface area contributed by atoms with Gasteiger partial charge in [0.1, 0.15) is 30.2 Å². The van der Waals surface area contributed by atoms with Crippen LogP contribution < -0.4 is 4.74 Å². The molecule has 0 fully saturated rings. The maximum absolute atomic E-state index is 10.1. The van der Waals surface area contributed by atoms with Crippen molar-refractivity contribution in [3.05, 3.63) is 43.2 Å². The van der Waals surface area contributed by atoms with E-state index in [-0.39, 0.29) is 6.04 Å². The summed E-state index contributed by atoms with van der Waals surface area (Å²) in [4.78, 5) is 13.8. The smallest absolute Gasteiger partial charge is 0.178 e. The molecular weight excluding hydrogens is 406 g/mol. The van der Waals surface area contributed by atoms with Gasteiger partial charge in [0.05, 0.1) is 36.3 Å². The van der Waals surface area contributed by atoms with Crippen LogP contribution in [0.1, 0.15) is 33.7 Å². The Labute approximate surface area is 186 Å². The molecule has 9 heteroatoms. The Balaban J connectivity index is 1.50. The number of aliphatic hydroxyl groups is 1. The topological polar surface area (TPSA) is 95.8 Å². The van der Waals surface area contributed by atoms with Crippen molar-refractivity contribution in [2.75, 3.05) is 6.61 Å². The molecule has 0 saturated carbocycles. The predicted octanol–water partition coefficient (Wildman–Crippen LogP) is 3.42. The minimum Gasteiger partial charge on any atom is -0.491 e. The van der Waals surface area contributed by atoms with Crippen LogP contribution in [0.25, 0.3) is 34.2 Å². The van der Waals surface area contributed by atoms with E-state index in [0.29, 0.717) is 19.7 Å². The maximum atomic E-state index is 10.1. The highest BCUT2D eigenvalue weighted by Crippen LogP contribution is 2.36. The third-order valence-corrected chi connectivity index (χ3v) is 5.38. The Bertz CT molecular complexity index is 1260. The molecule has 0 aliphatic carbocycles. The number of hydrogen-bond acceptors (Lipinski definition) is 6. The van der Waals surface area contributed by atoms with Crippen molar-refractivity contribution in [1.29, 1.82) is 0 Å². The molecule has 9 nitrogen and oxygen atoms in total. The second-order valence-electron chi connectivity index (χ2n) is 9.07. The monoisotopic (exact) mass is 433 g/mol. The highest BCUT2D eigenvalue weighted by atomic mass is 16.5. The molecule has 0 spiro atoms. The summed E-state index contributed by atoms with van der Waals surface area (Å²) < 4.78 is 11.9. The third kappa shape index (κ3) is 3.80. The van der Waals surface area contributed by atoms with Crippen LogP contribution in [-0.2, 0) is 13.1 Å². The predicted molar refractivity (Wildman–Crippen MR) is 120 cm³/mol. The van der Waals surface area contributed by atoms with Crippen molar-refractivity contribution < 1.29 is 9.84 Å². The van der Waals surface area contributed by atoms with Gasteiger partial charge < -0.3 is 19.0 Å². The van der Waals surface area contributed by atoms with Gasteiger partial charge in [0, 0.05) is 24.0 Å². The van der Waals surface area contributed by atoms with Crippen molar-refractivity contribution in [3.63, 3.8) is 0 Å². The molecule has 32 heavy (non-hydrogen) atoms. The lowest BCUT2D eigenvalue weighted by Gasteiger charge is -2.16. The zero-order valence-corrected chi connectivity index (χ0v) is 18.7. The van der Waals surface area contributed by atoms with Crippen LogP contribution in [0.4, 0.5) is 0 Å². The molecule has 166 valence electrons. The largest absolute Gasteiger partial charge is 0.491 e. The fraction of sp³-hybridized carbons (Fsp3) is 0.391. The van der Waals surface area contributed by atoms with E-state index in [9.17, 15) is 5.11 Å². The first-order valence-corrected chi connectivity index (χ1v) is 10.8. The number of imidazole rings is 2. The van der Waals surface area contributed by atoms with Gasteiger partial charge >= 0.3 is 0 Å². The van der Waals surface area contributed by atoms with Crippen LogP contribution in [0.3, 0.4) is 0 Å². The van der Waals surface area contributed by atoms with E-state index in [2.05, 4.69) is 33.5 Å². The summed E-state index contributed by atoms with van der Waals surface area (Å²) in [7, 11) is 0. The van der Waals surface area contributed by atoms with Crippen LogP contribution in [0.15, 0.2) is 43.2 Å². The zero-order valence-electron chi connectivity index (χ0n) is 18.7. The Morgan fingerprint density at radius 3 is 2.75 bits per heavy atom. The minimum atomic E-state index is -0.802. The summed E-state index contributed by atoms with van der Waals surface area (Å²) in [6.45, 7) is 9.43. The molecule has 0 unspecified atom stereocenters. The molecule has 0 radical (unpaired) electrons. The number of rotatable bonds is 5. The van der Waals surface area contributed by atoms with Crippen molar-refractivity contribution in [1.82, 2.24) is 33.9 Å². The normalized spacial score (nSPS) is 13.6. The molecule has 1 aliphatic heterocycles. The standard InChI is InChI=1S/C23H27N7O2/c1-15(2)30-22(24-13-26-30)19-11-29-7-8-32-20-9-16(5-6-17(20)21(29)27-19)18-10-28(14-25-18)12-23(3,4)31/h5-6,9-11,13-15,31H,7-8,12H2,1-4H3. The molecule has 5 rings (SSSR count). The number of benzene rings is 1. The first-order chi connectivity index (χ1) is 15.3. The fourth-order valence-electron chi connectivity index (χ4n) is 4.00. The Kier molecular flexibility index (Phi) is 4.85. The first kappa shape index (κ1) is 20.4. The minimum absolute atomic E-state index is 0.198. The van der Waals surface area contributed by atoms with E-state index in [4.69, 9.17) is 9.72 Å². The van der Waals surface area contributed by atoms with Crippen LogP contribution in [-0.4, -0.2) is 51.2 Å². The summed E-state index contributed by atoms with van der Waals surface area (Å²) >= 11 is 0. The van der Waals surface area contributed by atoms with Gasteiger partial charge in [-0.25, -0.2) is 19.6 Å². The SMILES string of the molecule is CC(C)n1ncnc1-c1cn2c(n1)-c1ccc(-c3cn(CC(C)(C)O)cn3)cc1OCC2. The zero-order chi connectivity index (χ0) is 22.5. The first-order valence-electron chi connectivity index (χ1n) is 10.8. The van der Waals surface area contributed by atoms with Gasteiger partial charge in [-0.15, -0.1) is 0 Å². The number of nitrogens with zero attached hydrogens (tertiary/aromatic N) is 7. The highest BCUT2D eigenvalue weighted by molar-refractivity contribution is 5.73. The van der Waals surface area contributed by atoms with Crippen LogP contribution >= 0.6 is 0 Å². The molecule has 4 aromatic rings. The lowest BCUT2D eigenvalue weighted by molar-refractivity contribution is 0.0615. The molecule has 0 saturated heterocycles. The van der Waals surface area contributed by atoms with E-state index in [1.165, 1.54) is 0 Å². The van der Waals surface area contributed by atoms with E-state index in [1.807, 2.05) is 39.8 Å². The molecule has 4 heterocycles. The van der Waals surface area contributed by atoms with Crippen LogP contribution in [0.2, 0.25) is 0 Å². The average molecular weight is 434 g/mol. The lowest BCUT2D eigenvalue weighted by Crippen LogP contribution is -2.25. The fourth-order valence-corrected chi connectivity index (χ4v) is 4.00. The number of hydrogen-bond donors (Lipinski definition) is 1. The van der Waals surface area contributed by atoms with Crippen molar-refractivity contribution in [3.8, 4) is 39.9 Å². The molecule has 0 atom stereocenters. The second-order valence-corrected chi connectivity index (χ2v) is 9.07. The number of ether oxygens (including phenoxy) is 1. The second kappa shape index (κ2) is 7.59. The van der Waals surface area contributed by atoms with Crippen LogP contribution in [0, 0.1) is 0 Å². The molecule has 0 amide bonds.